The highest BCUT2D eigenvalue weighted by Gasteiger charge is 2.07. The van der Waals surface area contributed by atoms with Gasteiger partial charge >= 0.3 is 0 Å². The van der Waals surface area contributed by atoms with Crippen LogP contribution in [0.1, 0.15) is 16.1 Å². The van der Waals surface area contributed by atoms with Crippen LogP contribution in [0.15, 0.2) is 28.6 Å². The van der Waals surface area contributed by atoms with Gasteiger partial charge < -0.3 is 4.74 Å². The minimum absolute atomic E-state index is 0.0322. The number of ether oxygens (including phenoxy) is 1. The molecule has 0 bridgehead atoms. The average molecular weight is 275 g/mol. The first-order valence-corrected chi connectivity index (χ1v) is 5.82. The van der Waals surface area contributed by atoms with Gasteiger partial charge in [0.25, 0.3) is 0 Å². The van der Waals surface area contributed by atoms with E-state index in [1.165, 1.54) is 11.3 Å². The van der Waals surface area contributed by atoms with E-state index in [-0.39, 0.29) is 12.4 Å². The lowest BCUT2D eigenvalue weighted by atomic mass is 10.3. The lowest BCUT2D eigenvalue weighted by molar-refractivity contribution is 0.0772. The van der Waals surface area contributed by atoms with Crippen molar-refractivity contribution < 1.29 is 9.53 Å². The van der Waals surface area contributed by atoms with Crippen LogP contribution in [0.2, 0.25) is 0 Å². The average Bonchev–Trinajstić information content (AvgIpc) is 2.59. The van der Waals surface area contributed by atoms with Gasteiger partial charge in [0.1, 0.15) is 6.61 Å². The molecule has 76 valence electrons. The van der Waals surface area contributed by atoms with Gasteiger partial charge in [-0.15, -0.1) is 17.9 Å². The number of carbonyl (C=O) groups excluding carboxylic acids is 1. The first-order valence-electron chi connectivity index (χ1n) is 4.21. The van der Waals surface area contributed by atoms with E-state index in [0.29, 0.717) is 6.61 Å². The van der Waals surface area contributed by atoms with Gasteiger partial charge in [-0.2, -0.15) is 0 Å². The normalized spacial score (nSPS) is 10.1. The van der Waals surface area contributed by atoms with E-state index in [2.05, 4.69) is 22.5 Å². The minimum atomic E-state index is 0.0322. The fourth-order valence-electron chi connectivity index (χ4n) is 0.867. The van der Waals surface area contributed by atoms with Crippen LogP contribution < -0.4 is 0 Å². The summed E-state index contributed by atoms with van der Waals surface area (Å²) in [6, 6.07) is 3.66. The molecule has 1 heterocycles. The Morgan fingerprint density at radius 2 is 2.43 bits per heavy atom. The summed E-state index contributed by atoms with van der Waals surface area (Å²) in [6.07, 6.45) is 2.55. The van der Waals surface area contributed by atoms with Crippen LogP contribution in [0.5, 0.6) is 0 Å². The lowest BCUT2D eigenvalue weighted by Gasteiger charge is -1.99. The van der Waals surface area contributed by atoms with Crippen molar-refractivity contribution in [2.75, 3.05) is 13.2 Å². The molecule has 0 fully saturated rings. The van der Waals surface area contributed by atoms with Crippen LogP contribution >= 0.6 is 27.3 Å². The zero-order chi connectivity index (χ0) is 10.4. The summed E-state index contributed by atoms with van der Waals surface area (Å²) in [5.41, 5.74) is 0. The van der Waals surface area contributed by atoms with E-state index in [1.54, 1.807) is 12.1 Å². The predicted molar refractivity (Wildman–Crippen MR) is 62.0 cm³/mol. The molecule has 2 nitrogen and oxygen atoms in total. The maximum absolute atomic E-state index is 11.5. The number of thiophene rings is 1. The molecule has 0 spiro atoms. The Kier molecular flexibility index (Phi) is 5.07. The third-order valence-electron chi connectivity index (χ3n) is 1.55. The Bertz CT molecular complexity index is 320. The monoisotopic (exact) mass is 274 g/mol. The predicted octanol–water partition coefficient (Wildman–Crippen LogP) is 3.29. The summed E-state index contributed by atoms with van der Waals surface area (Å²) in [5, 5.41) is 0. The Hall–Kier alpha value is -0.450. The second-order valence-electron chi connectivity index (χ2n) is 2.66. The number of ketones is 1. The number of rotatable bonds is 6. The fraction of sp³-hybridized carbons (Fsp3) is 0.300. The van der Waals surface area contributed by atoms with Gasteiger partial charge in [0.2, 0.25) is 0 Å². The van der Waals surface area contributed by atoms with Crippen LogP contribution in [0, 0.1) is 0 Å². The van der Waals surface area contributed by atoms with Crippen LogP contribution in [0.25, 0.3) is 0 Å². The molecule has 0 aliphatic heterocycles. The Morgan fingerprint density at radius 1 is 1.64 bits per heavy atom. The van der Waals surface area contributed by atoms with Gasteiger partial charge in [0.15, 0.2) is 5.78 Å². The molecule has 0 aromatic carbocycles. The third-order valence-corrected chi connectivity index (χ3v) is 3.21. The molecule has 0 aliphatic rings. The second-order valence-corrected chi connectivity index (χ2v) is 5.12. The zero-order valence-electron chi connectivity index (χ0n) is 7.66. The molecule has 0 saturated heterocycles. The topological polar surface area (TPSA) is 26.3 Å². The third kappa shape index (κ3) is 3.74. The van der Waals surface area contributed by atoms with Gasteiger partial charge in [-0.1, -0.05) is 6.08 Å². The van der Waals surface area contributed by atoms with E-state index in [0.717, 1.165) is 15.1 Å². The van der Waals surface area contributed by atoms with E-state index in [9.17, 15) is 4.79 Å². The van der Waals surface area contributed by atoms with Crippen molar-refractivity contribution in [2.24, 2.45) is 0 Å². The molecule has 1 aromatic rings. The highest BCUT2D eigenvalue weighted by Crippen LogP contribution is 2.22. The Labute approximate surface area is 95.7 Å². The first-order chi connectivity index (χ1) is 6.74. The van der Waals surface area contributed by atoms with Gasteiger partial charge in [0, 0.05) is 0 Å². The van der Waals surface area contributed by atoms with Crippen LogP contribution in [0.3, 0.4) is 0 Å². The van der Waals surface area contributed by atoms with E-state index in [4.69, 9.17) is 4.74 Å². The number of halogens is 1. The van der Waals surface area contributed by atoms with Crippen molar-refractivity contribution in [3.8, 4) is 0 Å². The summed E-state index contributed by atoms with van der Waals surface area (Å²) < 4.78 is 6.13. The molecular weight excluding hydrogens is 264 g/mol. The van der Waals surface area contributed by atoms with E-state index < -0.39 is 0 Å². The fourth-order valence-corrected chi connectivity index (χ4v) is 2.18. The molecule has 0 unspecified atom stereocenters. The number of Topliss-reactive ketones (excluding diaryl/α,β-unsaturated/α-hetero) is 1. The van der Waals surface area contributed by atoms with E-state index >= 15 is 0 Å². The lowest BCUT2D eigenvalue weighted by Crippen LogP contribution is -2.07. The molecule has 0 atom stereocenters. The Morgan fingerprint density at radius 3 is 3.00 bits per heavy atom. The molecule has 0 radical (unpaired) electrons. The van der Waals surface area contributed by atoms with Gasteiger partial charge in [-0.05, 0) is 34.5 Å². The van der Waals surface area contributed by atoms with Crippen molar-refractivity contribution in [1.82, 2.24) is 0 Å². The maximum atomic E-state index is 11.5. The van der Waals surface area contributed by atoms with Gasteiger partial charge in [0.05, 0.1) is 15.3 Å². The number of hydrogen-bond acceptors (Lipinski definition) is 3. The van der Waals surface area contributed by atoms with Crippen molar-refractivity contribution in [2.45, 2.75) is 6.42 Å². The Balaban J connectivity index is 2.32. The molecule has 1 aromatic heterocycles. The van der Waals surface area contributed by atoms with Crippen LogP contribution in [0.4, 0.5) is 0 Å². The molecule has 0 N–H and O–H groups in total. The van der Waals surface area contributed by atoms with Crippen molar-refractivity contribution in [3.05, 3.63) is 33.5 Å². The molecular formula is C10H11BrO2S. The van der Waals surface area contributed by atoms with Gasteiger partial charge in [-0.3, -0.25) is 4.79 Å². The minimum Gasteiger partial charge on any atom is -0.373 e. The number of carbonyl (C=O) groups is 1. The molecule has 0 saturated carbocycles. The van der Waals surface area contributed by atoms with Crippen molar-refractivity contribution >= 4 is 33.0 Å². The summed E-state index contributed by atoms with van der Waals surface area (Å²) in [7, 11) is 0. The quantitative estimate of drug-likeness (QED) is 0.452. The van der Waals surface area contributed by atoms with Crippen molar-refractivity contribution in [3.63, 3.8) is 0 Å². The highest BCUT2D eigenvalue weighted by atomic mass is 79.9. The molecule has 1 rings (SSSR count). The highest BCUT2D eigenvalue weighted by molar-refractivity contribution is 9.11. The van der Waals surface area contributed by atoms with Crippen molar-refractivity contribution in [1.29, 1.82) is 0 Å². The SMILES string of the molecule is C=CCCOCC(=O)c1ccc(Br)s1. The molecule has 4 heteroatoms. The largest absolute Gasteiger partial charge is 0.373 e. The zero-order valence-corrected chi connectivity index (χ0v) is 10.1. The second kappa shape index (κ2) is 6.11. The number of hydrogen-bond donors (Lipinski definition) is 0. The van der Waals surface area contributed by atoms with Crippen LogP contribution in [-0.2, 0) is 4.74 Å². The molecule has 14 heavy (non-hydrogen) atoms. The first kappa shape index (κ1) is 11.6. The smallest absolute Gasteiger partial charge is 0.198 e. The van der Waals surface area contributed by atoms with Crippen LogP contribution in [-0.4, -0.2) is 19.0 Å². The molecule has 0 aliphatic carbocycles. The summed E-state index contributed by atoms with van der Waals surface area (Å²) in [6.45, 7) is 4.28. The summed E-state index contributed by atoms with van der Waals surface area (Å²) in [4.78, 5) is 12.2. The summed E-state index contributed by atoms with van der Waals surface area (Å²) in [5.74, 6) is 0.0322. The molecule has 0 amide bonds. The summed E-state index contributed by atoms with van der Waals surface area (Å²) >= 11 is 4.73. The standard InChI is InChI=1S/C10H11BrO2S/c1-2-3-6-13-7-8(12)9-4-5-10(11)14-9/h2,4-5H,1,3,6-7H2. The van der Waals surface area contributed by atoms with E-state index in [1.807, 2.05) is 6.07 Å². The maximum Gasteiger partial charge on any atom is 0.198 e. The van der Waals surface area contributed by atoms with Gasteiger partial charge in [-0.25, -0.2) is 0 Å².